The van der Waals surface area contributed by atoms with Gasteiger partial charge < -0.3 is 15.0 Å². The number of aromatic nitrogens is 4. The standard InChI is InChI=1S/C21H19F3N6O/c1-12-15-9-27-30-5-3-17(28-18(15)30)29-4-2-13-7-21(13,29)16-6-14(22)8-25-19(16)31-11-20(23,24)10-26-12/h3,5-6,8-9,13,26H,1-2,4,7,10-11H2/t13-,21+/m0/s1. The summed E-state index contributed by atoms with van der Waals surface area (Å²) in [4.78, 5) is 10.9. The van der Waals surface area contributed by atoms with Gasteiger partial charge in [-0.25, -0.2) is 27.7 Å². The van der Waals surface area contributed by atoms with E-state index >= 15 is 0 Å². The number of anilines is 1. The fraction of sp³-hybridized carbons (Fsp3) is 0.381. The van der Waals surface area contributed by atoms with Crippen molar-refractivity contribution in [3.05, 3.63) is 54.2 Å². The van der Waals surface area contributed by atoms with E-state index in [1.54, 1.807) is 16.9 Å². The number of ether oxygens (including phenoxy) is 1. The van der Waals surface area contributed by atoms with Gasteiger partial charge in [-0.3, -0.25) is 0 Å². The van der Waals surface area contributed by atoms with E-state index in [1.165, 1.54) is 6.07 Å². The van der Waals surface area contributed by atoms with Gasteiger partial charge in [0, 0.05) is 24.0 Å². The normalized spacial score (nSPS) is 26.5. The van der Waals surface area contributed by atoms with Crippen molar-refractivity contribution in [1.29, 1.82) is 0 Å². The molecular formula is C21H19F3N6O. The third kappa shape index (κ3) is 2.70. The Morgan fingerprint density at radius 2 is 2.16 bits per heavy atom. The van der Waals surface area contributed by atoms with Crippen molar-refractivity contribution in [3.63, 3.8) is 0 Å². The second kappa shape index (κ2) is 6.12. The fourth-order valence-electron chi connectivity index (χ4n) is 4.90. The number of alkyl halides is 2. The van der Waals surface area contributed by atoms with Crippen molar-refractivity contribution in [3.8, 4) is 5.88 Å². The van der Waals surface area contributed by atoms with Crippen molar-refractivity contribution < 1.29 is 17.9 Å². The van der Waals surface area contributed by atoms with E-state index in [2.05, 4.69) is 26.9 Å². The maximum Gasteiger partial charge on any atom is 0.298 e. The predicted molar refractivity (Wildman–Crippen MR) is 106 cm³/mol. The zero-order chi connectivity index (χ0) is 21.4. The molecule has 3 aliphatic rings. The molecule has 5 heterocycles. The van der Waals surface area contributed by atoms with E-state index < -0.39 is 30.4 Å². The Morgan fingerprint density at radius 1 is 1.29 bits per heavy atom. The quantitative estimate of drug-likeness (QED) is 0.594. The Hall–Kier alpha value is -3.30. The number of halogens is 3. The van der Waals surface area contributed by atoms with Gasteiger partial charge >= 0.3 is 0 Å². The summed E-state index contributed by atoms with van der Waals surface area (Å²) in [5.74, 6) is -2.72. The summed E-state index contributed by atoms with van der Waals surface area (Å²) in [5.41, 5.74) is 1.30. The van der Waals surface area contributed by atoms with Crippen LogP contribution in [-0.2, 0) is 5.54 Å². The molecule has 2 bridgehead atoms. The molecule has 160 valence electrons. The second-order valence-corrected chi connectivity index (χ2v) is 8.36. The zero-order valence-electron chi connectivity index (χ0n) is 16.5. The number of nitrogens with zero attached hydrogens (tertiary/aromatic N) is 5. The first kappa shape index (κ1) is 18.5. The van der Waals surface area contributed by atoms with Crippen LogP contribution in [0.1, 0.15) is 24.0 Å². The second-order valence-electron chi connectivity index (χ2n) is 8.36. The maximum atomic E-state index is 14.5. The minimum absolute atomic E-state index is 0.0393. The highest BCUT2D eigenvalue weighted by atomic mass is 19.3. The van der Waals surface area contributed by atoms with E-state index in [4.69, 9.17) is 9.72 Å². The summed E-state index contributed by atoms with van der Waals surface area (Å²) in [6.45, 7) is 3.04. The molecule has 1 spiro atoms. The molecule has 3 aromatic heterocycles. The van der Waals surface area contributed by atoms with Gasteiger partial charge in [-0.2, -0.15) is 5.10 Å². The number of fused-ring (bicyclic) bond motifs is 3. The molecule has 6 rings (SSSR count). The first-order chi connectivity index (χ1) is 14.9. The maximum absolute atomic E-state index is 14.5. The monoisotopic (exact) mass is 428 g/mol. The summed E-state index contributed by atoms with van der Waals surface area (Å²) in [6.07, 6.45) is 5.98. The molecule has 2 atom stereocenters. The third-order valence-corrected chi connectivity index (χ3v) is 6.48. The molecule has 1 saturated heterocycles. The van der Waals surface area contributed by atoms with E-state index in [1.807, 2.05) is 6.07 Å². The highest BCUT2D eigenvalue weighted by Gasteiger charge is 2.65. The number of hydrogen-bond acceptors (Lipinski definition) is 6. The molecule has 2 aliphatic heterocycles. The van der Waals surface area contributed by atoms with Gasteiger partial charge in [-0.15, -0.1) is 0 Å². The lowest BCUT2D eigenvalue weighted by Gasteiger charge is -2.31. The summed E-state index contributed by atoms with van der Waals surface area (Å²) in [5, 5.41) is 6.93. The van der Waals surface area contributed by atoms with Crippen LogP contribution in [0.4, 0.5) is 19.0 Å². The Kier molecular flexibility index (Phi) is 3.64. The molecule has 1 N–H and O–H groups in total. The summed E-state index contributed by atoms with van der Waals surface area (Å²) in [6, 6.07) is 3.21. The molecule has 0 unspecified atom stereocenters. The average molecular weight is 428 g/mol. The van der Waals surface area contributed by atoms with Crippen molar-refractivity contribution in [2.45, 2.75) is 24.3 Å². The molecule has 0 radical (unpaired) electrons. The van der Waals surface area contributed by atoms with Crippen LogP contribution in [0, 0.1) is 11.7 Å². The summed E-state index contributed by atoms with van der Waals surface area (Å²) in [7, 11) is 0. The molecule has 2 fully saturated rings. The lowest BCUT2D eigenvalue weighted by molar-refractivity contribution is -0.0375. The van der Waals surface area contributed by atoms with Crippen LogP contribution in [0.25, 0.3) is 11.3 Å². The van der Waals surface area contributed by atoms with Crippen LogP contribution >= 0.6 is 0 Å². The van der Waals surface area contributed by atoms with Gasteiger partial charge in [-0.1, -0.05) is 6.58 Å². The van der Waals surface area contributed by atoms with Crippen LogP contribution in [0.3, 0.4) is 0 Å². The average Bonchev–Trinajstić information content (AvgIpc) is 3.13. The van der Waals surface area contributed by atoms with Crippen LogP contribution in [0.2, 0.25) is 0 Å². The molecule has 0 aromatic carbocycles. The zero-order valence-corrected chi connectivity index (χ0v) is 16.5. The van der Waals surface area contributed by atoms with Crippen molar-refractivity contribution >= 4 is 17.2 Å². The van der Waals surface area contributed by atoms with Crippen LogP contribution in [0.5, 0.6) is 5.88 Å². The minimum atomic E-state index is -3.20. The van der Waals surface area contributed by atoms with Gasteiger partial charge in [-0.05, 0) is 30.9 Å². The highest BCUT2D eigenvalue weighted by Crippen LogP contribution is 2.64. The smallest absolute Gasteiger partial charge is 0.298 e. The molecule has 1 saturated carbocycles. The number of rotatable bonds is 0. The van der Waals surface area contributed by atoms with Crippen LogP contribution in [0.15, 0.2) is 37.3 Å². The molecule has 0 amide bonds. The van der Waals surface area contributed by atoms with Crippen molar-refractivity contribution in [1.82, 2.24) is 24.9 Å². The third-order valence-electron chi connectivity index (χ3n) is 6.48. The Bertz CT molecular complexity index is 1230. The lowest BCUT2D eigenvalue weighted by Crippen LogP contribution is -2.38. The molecular weight excluding hydrogens is 409 g/mol. The number of nitrogens with one attached hydrogen (secondary N) is 1. The SMILES string of the molecule is C=C1NCC(F)(F)COc2ncc(F)cc2[C@@]23C[C@@H]2CCN3c2ccn3ncc1c3n2. The first-order valence-electron chi connectivity index (χ1n) is 10.1. The van der Waals surface area contributed by atoms with Crippen molar-refractivity contribution in [2.75, 3.05) is 24.6 Å². The number of hydrogen-bond donors (Lipinski definition) is 1. The van der Waals surface area contributed by atoms with E-state index in [0.717, 1.165) is 19.0 Å². The number of pyridine rings is 1. The van der Waals surface area contributed by atoms with Gasteiger partial charge in [0.2, 0.25) is 5.88 Å². The molecule has 7 nitrogen and oxygen atoms in total. The van der Waals surface area contributed by atoms with Crippen LogP contribution in [-0.4, -0.2) is 45.2 Å². The predicted octanol–water partition coefficient (Wildman–Crippen LogP) is 2.98. The molecule has 1 aliphatic carbocycles. The highest BCUT2D eigenvalue weighted by molar-refractivity contribution is 5.74. The number of piperidine rings is 1. The lowest BCUT2D eigenvalue weighted by atomic mass is 10.0. The van der Waals surface area contributed by atoms with E-state index in [9.17, 15) is 13.2 Å². The summed E-state index contributed by atoms with van der Waals surface area (Å²) < 4.78 is 50.4. The minimum Gasteiger partial charge on any atom is -0.471 e. The van der Waals surface area contributed by atoms with Gasteiger partial charge in [0.25, 0.3) is 5.92 Å². The van der Waals surface area contributed by atoms with Gasteiger partial charge in [0.1, 0.15) is 11.6 Å². The van der Waals surface area contributed by atoms with Gasteiger partial charge in [0.05, 0.1) is 30.0 Å². The van der Waals surface area contributed by atoms with E-state index in [0.29, 0.717) is 34.8 Å². The van der Waals surface area contributed by atoms with Gasteiger partial charge in [0.15, 0.2) is 12.3 Å². The topological polar surface area (TPSA) is 67.6 Å². The van der Waals surface area contributed by atoms with Crippen LogP contribution < -0.4 is 15.0 Å². The fourth-order valence-corrected chi connectivity index (χ4v) is 4.90. The first-order valence-corrected chi connectivity index (χ1v) is 10.1. The van der Waals surface area contributed by atoms with Crippen molar-refractivity contribution in [2.24, 2.45) is 5.92 Å². The molecule has 10 heteroatoms. The Morgan fingerprint density at radius 3 is 3.00 bits per heavy atom. The Balaban J connectivity index is 1.55. The molecule has 3 aromatic rings. The molecule has 31 heavy (non-hydrogen) atoms. The van der Waals surface area contributed by atoms with E-state index in [-0.39, 0.29) is 11.8 Å². The largest absolute Gasteiger partial charge is 0.471 e. The summed E-state index contributed by atoms with van der Waals surface area (Å²) >= 11 is 0. The Labute approximate surface area is 175 Å².